The van der Waals surface area contributed by atoms with Crippen LogP contribution >= 0.6 is 0 Å². The maximum Gasteiger partial charge on any atom is 0.123 e. The minimum atomic E-state index is -0.232. The molecule has 0 spiro atoms. The summed E-state index contributed by atoms with van der Waals surface area (Å²) in [6, 6.07) is 6.41. The van der Waals surface area contributed by atoms with E-state index in [1.54, 1.807) is 12.1 Å². The lowest BCUT2D eigenvalue weighted by molar-refractivity contribution is 0.593. The van der Waals surface area contributed by atoms with Gasteiger partial charge in [-0.2, -0.15) is 0 Å². The van der Waals surface area contributed by atoms with Crippen LogP contribution in [0, 0.1) is 5.82 Å². The van der Waals surface area contributed by atoms with Gasteiger partial charge in [-0.15, -0.1) is 5.10 Å². The summed E-state index contributed by atoms with van der Waals surface area (Å²) in [5, 5.41) is 8.20. The van der Waals surface area contributed by atoms with Crippen molar-refractivity contribution in [3.05, 3.63) is 47.0 Å². The Labute approximate surface area is 106 Å². The molecule has 0 aliphatic rings. The third-order valence-electron chi connectivity index (χ3n) is 2.83. The second-order valence-electron chi connectivity index (χ2n) is 4.56. The predicted octanol–water partition coefficient (Wildman–Crippen LogP) is 2.05. The van der Waals surface area contributed by atoms with E-state index in [0.717, 1.165) is 17.0 Å². The zero-order valence-corrected chi connectivity index (χ0v) is 10.6. The maximum atomic E-state index is 12.8. The van der Waals surface area contributed by atoms with Crippen LogP contribution in [0.25, 0.3) is 0 Å². The van der Waals surface area contributed by atoms with Gasteiger partial charge in [0, 0.05) is 6.54 Å². The van der Waals surface area contributed by atoms with Gasteiger partial charge in [-0.25, -0.2) is 9.07 Å². The monoisotopic (exact) mass is 248 g/mol. The third kappa shape index (κ3) is 2.56. The van der Waals surface area contributed by atoms with E-state index < -0.39 is 0 Å². The van der Waals surface area contributed by atoms with E-state index in [-0.39, 0.29) is 5.82 Å². The Morgan fingerprint density at radius 1 is 1.28 bits per heavy atom. The molecular formula is C13H17FN4. The summed E-state index contributed by atoms with van der Waals surface area (Å²) in [4.78, 5) is 0. The van der Waals surface area contributed by atoms with Crippen LogP contribution in [0.1, 0.15) is 36.7 Å². The summed E-state index contributed by atoms with van der Waals surface area (Å²) in [5.41, 5.74) is 8.51. The van der Waals surface area contributed by atoms with E-state index >= 15 is 0 Å². The van der Waals surface area contributed by atoms with Crippen molar-refractivity contribution in [1.82, 2.24) is 15.0 Å². The van der Waals surface area contributed by atoms with Crippen molar-refractivity contribution >= 4 is 0 Å². The second-order valence-corrected chi connectivity index (χ2v) is 4.56. The number of halogens is 1. The van der Waals surface area contributed by atoms with Crippen LogP contribution in [0.3, 0.4) is 0 Å². The first-order valence-electron chi connectivity index (χ1n) is 5.98. The highest BCUT2D eigenvalue weighted by atomic mass is 19.1. The third-order valence-corrected chi connectivity index (χ3v) is 2.83. The van der Waals surface area contributed by atoms with Gasteiger partial charge in [-0.3, -0.25) is 0 Å². The van der Waals surface area contributed by atoms with Crippen molar-refractivity contribution in [2.75, 3.05) is 0 Å². The van der Waals surface area contributed by atoms with Crippen molar-refractivity contribution in [3.63, 3.8) is 0 Å². The lowest BCUT2D eigenvalue weighted by Crippen LogP contribution is -2.10. The Bertz CT molecular complexity index is 516. The molecule has 5 heteroatoms. The van der Waals surface area contributed by atoms with Crippen LogP contribution in [0.4, 0.5) is 4.39 Å². The molecule has 0 aliphatic carbocycles. The van der Waals surface area contributed by atoms with Crippen molar-refractivity contribution in [2.45, 2.75) is 32.9 Å². The zero-order valence-electron chi connectivity index (χ0n) is 10.6. The van der Waals surface area contributed by atoms with Gasteiger partial charge in [0.05, 0.1) is 17.9 Å². The molecule has 2 N–H and O–H groups in total. The molecule has 0 aliphatic heterocycles. The SMILES string of the molecule is CC(C)c1c(CN)nnn1Cc1ccc(F)cc1. The summed E-state index contributed by atoms with van der Waals surface area (Å²) < 4.78 is 14.7. The predicted molar refractivity (Wildman–Crippen MR) is 67.5 cm³/mol. The fourth-order valence-electron chi connectivity index (χ4n) is 2.01. The van der Waals surface area contributed by atoms with E-state index in [0.29, 0.717) is 19.0 Å². The number of rotatable bonds is 4. The van der Waals surface area contributed by atoms with Gasteiger partial charge in [0.1, 0.15) is 5.82 Å². The number of aromatic nitrogens is 3. The molecule has 4 nitrogen and oxygen atoms in total. The average molecular weight is 248 g/mol. The number of hydrogen-bond donors (Lipinski definition) is 1. The molecule has 18 heavy (non-hydrogen) atoms. The van der Waals surface area contributed by atoms with Crippen LogP contribution in [-0.2, 0) is 13.1 Å². The first-order chi connectivity index (χ1) is 8.61. The van der Waals surface area contributed by atoms with Crippen LogP contribution in [0.2, 0.25) is 0 Å². The summed E-state index contributed by atoms with van der Waals surface area (Å²) in [5.74, 6) is 0.0723. The first kappa shape index (κ1) is 12.7. The maximum absolute atomic E-state index is 12.8. The topological polar surface area (TPSA) is 56.7 Å². The van der Waals surface area contributed by atoms with Gasteiger partial charge in [-0.05, 0) is 23.6 Å². The molecule has 2 aromatic rings. The molecule has 0 fully saturated rings. The lowest BCUT2D eigenvalue weighted by Gasteiger charge is -2.10. The fraction of sp³-hybridized carbons (Fsp3) is 0.385. The van der Waals surface area contributed by atoms with Gasteiger partial charge >= 0.3 is 0 Å². The Balaban J connectivity index is 2.28. The Morgan fingerprint density at radius 2 is 1.94 bits per heavy atom. The second kappa shape index (κ2) is 5.27. The van der Waals surface area contributed by atoms with Crippen LogP contribution < -0.4 is 5.73 Å². The van der Waals surface area contributed by atoms with Crippen molar-refractivity contribution in [2.24, 2.45) is 5.73 Å². The van der Waals surface area contributed by atoms with E-state index in [2.05, 4.69) is 24.2 Å². The van der Waals surface area contributed by atoms with E-state index in [9.17, 15) is 4.39 Å². The number of nitrogens with two attached hydrogens (primary N) is 1. The molecule has 1 aromatic carbocycles. The van der Waals surface area contributed by atoms with Crippen LogP contribution in [-0.4, -0.2) is 15.0 Å². The molecule has 0 bridgehead atoms. The molecule has 1 heterocycles. The smallest absolute Gasteiger partial charge is 0.123 e. The van der Waals surface area contributed by atoms with Crippen molar-refractivity contribution < 1.29 is 4.39 Å². The van der Waals surface area contributed by atoms with E-state index in [4.69, 9.17) is 5.73 Å². The highest BCUT2D eigenvalue weighted by molar-refractivity contribution is 5.19. The molecule has 0 saturated heterocycles. The van der Waals surface area contributed by atoms with E-state index in [1.807, 2.05) is 4.68 Å². The molecule has 0 radical (unpaired) electrons. The average Bonchev–Trinajstić information content (AvgIpc) is 2.75. The molecule has 1 aromatic heterocycles. The van der Waals surface area contributed by atoms with Gasteiger partial charge in [0.25, 0.3) is 0 Å². The molecule has 0 unspecified atom stereocenters. The molecular weight excluding hydrogens is 231 g/mol. The van der Waals surface area contributed by atoms with Crippen LogP contribution in [0.15, 0.2) is 24.3 Å². The normalized spacial score (nSPS) is 11.2. The molecule has 0 atom stereocenters. The zero-order chi connectivity index (χ0) is 13.1. The minimum Gasteiger partial charge on any atom is -0.325 e. The quantitative estimate of drug-likeness (QED) is 0.901. The highest BCUT2D eigenvalue weighted by Gasteiger charge is 2.15. The summed E-state index contributed by atoms with van der Waals surface area (Å²) >= 11 is 0. The van der Waals surface area contributed by atoms with Crippen molar-refractivity contribution in [3.8, 4) is 0 Å². The first-order valence-corrected chi connectivity index (χ1v) is 5.98. The Hall–Kier alpha value is -1.75. The summed E-state index contributed by atoms with van der Waals surface area (Å²) in [6.45, 7) is 5.13. The van der Waals surface area contributed by atoms with Gasteiger partial charge in [-0.1, -0.05) is 31.2 Å². The Kier molecular flexibility index (Phi) is 3.72. The number of nitrogens with zero attached hydrogens (tertiary/aromatic N) is 3. The number of benzene rings is 1. The summed E-state index contributed by atoms with van der Waals surface area (Å²) in [7, 11) is 0. The molecule has 96 valence electrons. The lowest BCUT2D eigenvalue weighted by atomic mass is 10.1. The Morgan fingerprint density at radius 3 is 2.50 bits per heavy atom. The van der Waals surface area contributed by atoms with Gasteiger partial charge in [0.15, 0.2) is 0 Å². The number of hydrogen-bond acceptors (Lipinski definition) is 3. The largest absolute Gasteiger partial charge is 0.325 e. The fourth-order valence-corrected chi connectivity index (χ4v) is 2.01. The standard InChI is InChI=1S/C13H17FN4/c1-9(2)13-12(7-15)16-17-18(13)8-10-3-5-11(14)6-4-10/h3-6,9H,7-8,15H2,1-2H3. The summed E-state index contributed by atoms with van der Waals surface area (Å²) in [6.07, 6.45) is 0. The highest BCUT2D eigenvalue weighted by Crippen LogP contribution is 2.18. The minimum absolute atomic E-state index is 0.232. The van der Waals surface area contributed by atoms with Gasteiger partial charge < -0.3 is 5.73 Å². The van der Waals surface area contributed by atoms with Gasteiger partial charge in [0.2, 0.25) is 0 Å². The van der Waals surface area contributed by atoms with E-state index in [1.165, 1.54) is 12.1 Å². The molecule has 0 saturated carbocycles. The molecule has 2 rings (SSSR count). The van der Waals surface area contributed by atoms with Crippen molar-refractivity contribution in [1.29, 1.82) is 0 Å². The molecule has 0 amide bonds. The van der Waals surface area contributed by atoms with Crippen LogP contribution in [0.5, 0.6) is 0 Å².